The van der Waals surface area contributed by atoms with Crippen LogP contribution in [0.2, 0.25) is 0 Å². The van der Waals surface area contributed by atoms with Crippen LogP contribution in [0.25, 0.3) is 0 Å². The van der Waals surface area contributed by atoms with Gasteiger partial charge in [-0.2, -0.15) is 5.26 Å². The van der Waals surface area contributed by atoms with Crippen molar-refractivity contribution < 1.29 is 14.3 Å². The molecule has 3 rings (SSSR count). The molecule has 0 aromatic heterocycles. The van der Waals surface area contributed by atoms with Gasteiger partial charge in [0.05, 0.1) is 30.3 Å². The van der Waals surface area contributed by atoms with E-state index in [1.54, 1.807) is 42.2 Å². The third-order valence-electron chi connectivity index (χ3n) is 4.73. The van der Waals surface area contributed by atoms with Crippen molar-refractivity contribution in [1.82, 2.24) is 4.90 Å². The molecule has 0 N–H and O–H groups in total. The van der Waals surface area contributed by atoms with Gasteiger partial charge in [0.15, 0.2) is 0 Å². The molecule has 0 radical (unpaired) electrons. The van der Waals surface area contributed by atoms with Crippen LogP contribution in [-0.2, 0) is 16.1 Å². The molecule has 0 saturated carbocycles. The van der Waals surface area contributed by atoms with Crippen molar-refractivity contribution in [2.75, 3.05) is 25.6 Å². The van der Waals surface area contributed by atoms with E-state index in [1.165, 1.54) is 0 Å². The zero-order valence-electron chi connectivity index (χ0n) is 15.4. The summed E-state index contributed by atoms with van der Waals surface area (Å²) in [6, 6.07) is 16.5. The highest BCUT2D eigenvalue weighted by Gasteiger charge is 2.37. The Bertz CT molecular complexity index is 886. The summed E-state index contributed by atoms with van der Waals surface area (Å²) < 4.78 is 5.33. The lowest BCUT2D eigenvalue weighted by Gasteiger charge is -2.22. The fourth-order valence-corrected chi connectivity index (χ4v) is 3.31. The van der Waals surface area contributed by atoms with E-state index < -0.39 is 0 Å². The maximum atomic E-state index is 12.8. The van der Waals surface area contributed by atoms with Crippen molar-refractivity contribution in [3.8, 4) is 11.8 Å². The zero-order valence-corrected chi connectivity index (χ0v) is 15.4. The lowest BCUT2D eigenvalue weighted by Crippen LogP contribution is -2.34. The van der Waals surface area contributed by atoms with E-state index in [1.807, 2.05) is 30.3 Å². The van der Waals surface area contributed by atoms with Gasteiger partial charge >= 0.3 is 0 Å². The predicted molar refractivity (Wildman–Crippen MR) is 101 cm³/mol. The second-order valence-electron chi connectivity index (χ2n) is 6.58. The van der Waals surface area contributed by atoms with Gasteiger partial charge in [0, 0.05) is 26.6 Å². The van der Waals surface area contributed by atoms with E-state index in [2.05, 4.69) is 6.07 Å². The zero-order chi connectivity index (χ0) is 19.4. The largest absolute Gasteiger partial charge is 0.495 e. The number of benzene rings is 2. The number of nitriles is 1. The van der Waals surface area contributed by atoms with Gasteiger partial charge in [-0.15, -0.1) is 0 Å². The van der Waals surface area contributed by atoms with Crippen LogP contribution in [0.15, 0.2) is 48.5 Å². The summed E-state index contributed by atoms with van der Waals surface area (Å²) in [5.74, 6) is 0.0883. The molecule has 1 fully saturated rings. The maximum Gasteiger partial charge on any atom is 0.228 e. The minimum Gasteiger partial charge on any atom is -0.495 e. The number of carbonyl (C=O) groups excluding carboxylic acids is 2. The van der Waals surface area contributed by atoms with Crippen LogP contribution >= 0.6 is 0 Å². The molecule has 6 nitrogen and oxygen atoms in total. The number of nitrogens with zero attached hydrogens (tertiary/aromatic N) is 3. The number of amides is 2. The molecule has 0 aliphatic carbocycles. The first-order chi connectivity index (χ1) is 13.0. The van der Waals surface area contributed by atoms with E-state index in [9.17, 15) is 9.59 Å². The summed E-state index contributed by atoms with van der Waals surface area (Å²) in [5, 5.41) is 8.86. The Morgan fingerprint density at radius 1 is 1.26 bits per heavy atom. The van der Waals surface area contributed by atoms with Crippen molar-refractivity contribution in [1.29, 1.82) is 5.26 Å². The molecule has 2 aromatic rings. The Balaban J connectivity index is 1.68. The Hall–Kier alpha value is -3.33. The smallest absolute Gasteiger partial charge is 0.228 e. The first-order valence-corrected chi connectivity index (χ1v) is 8.71. The van der Waals surface area contributed by atoms with Crippen molar-refractivity contribution in [3.63, 3.8) is 0 Å². The summed E-state index contributed by atoms with van der Waals surface area (Å²) >= 11 is 0. The quantitative estimate of drug-likeness (QED) is 0.818. The highest BCUT2D eigenvalue weighted by molar-refractivity contribution is 6.01. The maximum absolute atomic E-state index is 12.8. The van der Waals surface area contributed by atoms with Crippen LogP contribution in [0.1, 0.15) is 17.5 Å². The molecule has 138 valence electrons. The number of ether oxygens (including phenoxy) is 1. The first-order valence-electron chi connectivity index (χ1n) is 8.71. The van der Waals surface area contributed by atoms with E-state index in [0.29, 0.717) is 30.1 Å². The predicted octanol–water partition coefficient (Wildman–Crippen LogP) is 2.58. The highest BCUT2D eigenvalue weighted by Crippen LogP contribution is 2.33. The van der Waals surface area contributed by atoms with Crippen LogP contribution in [0.5, 0.6) is 5.75 Å². The average Bonchev–Trinajstić information content (AvgIpc) is 3.09. The molecule has 1 heterocycles. The molecule has 2 aromatic carbocycles. The number of carbonyl (C=O) groups is 2. The lowest BCUT2D eigenvalue weighted by atomic mass is 10.1. The minimum atomic E-state index is -0.384. The molecule has 27 heavy (non-hydrogen) atoms. The lowest BCUT2D eigenvalue weighted by molar-refractivity contribution is -0.135. The summed E-state index contributed by atoms with van der Waals surface area (Å²) in [5.41, 5.74) is 2.22. The van der Waals surface area contributed by atoms with E-state index >= 15 is 0 Å². The van der Waals surface area contributed by atoms with Crippen LogP contribution in [0, 0.1) is 17.2 Å². The van der Waals surface area contributed by atoms with Crippen LogP contribution in [-0.4, -0.2) is 37.4 Å². The van der Waals surface area contributed by atoms with Crippen LogP contribution < -0.4 is 9.64 Å². The number of methoxy groups -OCH3 is 1. The first kappa shape index (κ1) is 18.5. The van der Waals surface area contributed by atoms with Crippen LogP contribution in [0.3, 0.4) is 0 Å². The third-order valence-corrected chi connectivity index (χ3v) is 4.73. The second-order valence-corrected chi connectivity index (χ2v) is 6.58. The summed E-state index contributed by atoms with van der Waals surface area (Å²) in [6.07, 6.45) is 0.189. The molecule has 6 heteroatoms. The molecule has 0 spiro atoms. The van der Waals surface area contributed by atoms with E-state index in [0.717, 1.165) is 5.56 Å². The molecule has 1 atom stereocenters. The fourth-order valence-electron chi connectivity index (χ4n) is 3.31. The van der Waals surface area contributed by atoms with Crippen molar-refractivity contribution in [2.24, 2.45) is 5.92 Å². The minimum absolute atomic E-state index is 0.0647. The fraction of sp³-hybridized carbons (Fsp3) is 0.286. The van der Waals surface area contributed by atoms with Gasteiger partial charge in [0.25, 0.3) is 0 Å². The number of hydrogen-bond acceptors (Lipinski definition) is 4. The number of rotatable bonds is 5. The molecule has 1 saturated heterocycles. The molecule has 1 aliphatic rings. The molecule has 1 aliphatic heterocycles. The molecule has 1 unspecified atom stereocenters. The number of anilines is 1. The average molecular weight is 363 g/mol. The van der Waals surface area contributed by atoms with Crippen molar-refractivity contribution in [3.05, 3.63) is 59.7 Å². The Morgan fingerprint density at radius 3 is 2.63 bits per heavy atom. The molecule has 0 bridgehead atoms. The van der Waals surface area contributed by atoms with Gasteiger partial charge in [-0.3, -0.25) is 9.59 Å². The standard InChI is InChI=1S/C21H21N3O3/c1-23(13-16-9-7-15(12-22)8-10-16)21(26)17-11-20(25)24(14-17)18-5-3-4-6-19(18)27-2/h3-10,17H,11,13-14H2,1-2H3. The summed E-state index contributed by atoms with van der Waals surface area (Å²) in [6.45, 7) is 0.777. The van der Waals surface area contributed by atoms with Gasteiger partial charge in [-0.05, 0) is 29.8 Å². The Morgan fingerprint density at radius 2 is 1.96 bits per heavy atom. The molecule has 2 amide bonds. The van der Waals surface area contributed by atoms with Gasteiger partial charge in [0.1, 0.15) is 5.75 Å². The Kier molecular flexibility index (Phi) is 5.41. The van der Waals surface area contributed by atoms with Crippen molar-refractivity contribution in [2.45, 2.75) is 13.0 Å². The van der Waals surface area contributed by atoms with Gasteiger partial charge in [-0.1, -0.05) is 24.3 Å². The van der Waals surface area contributed by atoms with Gasteiger partial charge in [-0.25, -0.2) is 0 Å². The summed E-state index contributed by atoms with van der Waals surface area (Å²) in [4.78, 5) is 28.5. The number of para-hydroxylation sites is 2. The van der Waals surface area contributed by atoms with E-state index in [4.69, 9.17) is 10.00 Å². The van der Waals surface area contributed by atoms with Crippen LogP contribution in [0.4, 0.5) is 5.69 Å². The monoisotopic (exact) mass is 363 g/mol. The van der Waals surface area contributed by atoms with E-state index in [-0.39, 0.29) is 24.2 Å². The normalized spacial score (nSPS) is 16.1. The summed E-state index contributed by atoms with van der Waals surface area (Å²) in [7, 11) is 3.30. The molecular formula is C21H21N3O3. The van der Waals surface area contributed by atoms with Crippen molar-refractivity contribution >= 4 is 17.5 Å². The molecular weight excluding hydrogens is 342 g/mol. The van der Waals surface area contributed by atoms with Gasteiger partial charge in [0.2, 0.25) is 11.8 Å². The Labute approximate surface area is 158 Å². The highest BCUT2D eigenvalue weighted by atomic mass is 16.5. The third kappa shape index (κ3) is 3.93. The SMILES string of the molecule is COc1ccccc1N1CC(C(=O)N(C)Cc2ccc(C#N)cc2)CC1=O. The second kappa shape index (κ2) is 7.92. The topological polar surface area (TPSA) is 73.6 Å². The van der Waals surface area contributed by atoms with Gasteiger partial charge < -0.3 is 14.5 Å². The number of hydrogen-bond donors (Lipinski definition) is 0.